The molecule has 0 saturated carbocycles. The van der Waals surface area contributed by atoms with Crippen LogP contribution in [-0.4, -0.2) is 59.0 Å². The first-order chi connectivity index (χ1) is 15.0. The monoisotopic (exact) mass is 429 g/mol. The molecule has 9 nitrogen and oxygen atoms in total. The Labute approximate surface area is 179 Å². The van der Waals surface area contributed by atoms with E-state index in [2.05, 4.69) is 16.9 Å². The van der Waals surface area contributed by atoms with Gasteiger partial charge in [-0.25, -0.2) is 9.78 Å². The summed E-state index contributed by atoms with van der Waals surface area (Å²) in [4.78, 5) is 31.9. The van der Waals surface area contributed by atoms with Gasteiger partial charge in [0.15, 0.2) is 0 Å². The average Bonchev–Trinajstić information content (AvgIpc) is 3.43. The zero-order chi connectivity index (χ0) is 22.0. The molecule has 0 bridgehead atoms. The van der Waals surface area contributed by atoms with Crippen molar-refractivity contribution in [3.8, 4) is 5.75 Å². The number of nitrogens with one attached hydrogen (secondary N) is 1. The van der Waals surface area contributed by atoms with E-state index in [4.69, 9.17) is 14.2 Å². The summed E-state index contributed by atoms with van der Waals surface area (Å²) in [6.45, 7) is 4.32. The lowest BCUT2D eigenvalue weighted by molar-refractivity contribution is 0.0691. The second kappa shape index (κ2) is 9.07. The zero-order valence-electron chi connectivity index (χ0n) is 17.7. The maximum Gasteiger partial charge on any atom is 0.339 e. The van der Waals surface area contributed by atoms with Crippen LogP contribution in [0.25, 0.3) is 16.6 Å². The number of hydrogen-bond acceptors (Lipinski definition) is 6. The van der Waals surface area contributed by atoms with Gasteiger partial charge in [0.25, 0.3) is 5.56 Å². The average molecular weight is 429 g/mol. The van der Waals surface area contributed by atoms with Crippen LogP contribution in [0.2, 0.25) is 0 Å². The SMILES string of the molecule is CCC(CCOC)c1ncc2c(=O)[nH]c3cc(C(=O)O)c(OCC4CCOC4)cc3n12. The Morgan fingerprint density at radius 1 is 1.42 bits per heavy atom. The number of fused-ring (bicyclic) bond motifs is 3. The summed E-state index contributed by atoms with van der Waals surface area (Å²) in [5, 5.41) is 9.71. The lowest BCUT2D eigenvalue weighted by Gasteiger charge is -2.17. The third-order valence-corrected chi connectivity index (χ3v) is 5.87. The van der Waals surface area contributed by atoms with Crippen LogP contribution in [-0.2, 0) is 9.47 Å². The minimum atomic E-state index is -1.11. The van der Waals surface area contributed by atoms with Gasteiger partial charge in [-0.15, -0.1) is 0 Å². The van der Waals surface area contributed by atoms with Crippen molar-refractivity contribution in [1.82, 2.24) is 14.4 Å². The molecular formula is C22H27N3O6. The van der Waals surface area contributed by atoms with Crippen molar-refractivity contribution in [1.29, 1.82) is 0 Å². The Balaban J connectivity index is 1.86. The molecular weight excluding hydrogens is 402 g/mol. The number of methoxy groups -OCH3 is 1. The molecule has 2 atom stereocenters. The fourth-order valence-electron chi connectivity index (χ4n) is 4.09. The molecule has 31 heavy (non-hydrogen) atoms. The van der Waals surface area contributed by atoms with Gasteiger partial charge in [-0.1, -0.05) is 6.92 Å². The Morgan fingerprint density at radius 3 is 2.94 bits per heavy atom. The van der Waals surface area contributed by atoms with E-state index < -0.39 is 5.97 Å². The molecule has 1 saturated heterocycles. The van der Waals surface area contributed by atoms with E-state index in [1.807, 2.05) is 4.40 Å². The van der Waals surface area contributed by atoms with Crippen molar-refractivity contribution < 1.29 is 24.1 Å². The Kier molecular flexibility index (Phi) is 6.24. The molecule has 166 valence electrons. The Morgan fingerprint density at radius 2 is 2.26 bits per heavy atom. The van der Waals surface area contributed by atoms with Gasteiger partial charge in [-0.05, 0) is 25.3 Å². The molecule has 0 aliphatic carbocycles. The summed E-state index contributed by atoms with van der Waals surface area (Å²) in [7, 11) is 1.66. The molecule has 1 fully saturated rings. The molecule has 4 rings (SSSR count). The number of hydrogen-bond donors (Lipinski definition) is 2. The second-order valence-electron chi connectivity index (χ2n) is 7.89. The largest absolute Gasteiger partial charge is 0.492 e. The van der Waals surface area contributed by atoms with Gasteiger partial charge >= 0.3 is 5.97 Å². The number of benzene rings is 1. The normalized spacial score (nSPS) is 17.4. The van der Waals surface area contributed by atoms with E-state index in [0.29, 0.717) is 43.0 Å². The predicted octanol–water partition coefficient (Wildman–Crippen LogP) is 2.82. The van der Waals surface area contributed by atoms with Gasteiger partial charge in [-0.2, -0.15) is 0 Å². The van der Waals surface area contributed by atoms with E-state index in [1.165, 1.54) is 6.07 Å². The van der Waals surface area contributed by atoms with Crippen molar-refractivity contribution in [2.45, 2.75) is 32.1 Å². The van der Waals surface area contributed by atoms with Crippen LogP contribution in [0.4, 0.5) is 0 Å². The van der Waals surface area contributed by atoms with E-state index in [9.17, 15) is 14.7 Å². The highest BCUT2D eigenvalue weighted by molar-refractivity contribution is 5.96. The molecule has 1 aliphatic heterocycles. The lowest BCUT2D eigenvalue weighted by Crippen LogP contribution is -2.16. The van der Waals surface area contributed by atoms with Crippen LogP contribution in [0.1, 0.15) is 48.3 Å². The van der Waals surface area contributed by atoms with Crippen LogP contribution < -0.4 is 10.3 Å². The van der Waals surface area contributed by atoms with Crippen LogP contribution >= 0.6 is 0 Å². The summed E-state index contributed by atoms with van der Waals surface area (Å²) < 4.78 is 18.4. The highest BCUT2D eigenvalue weighted by atomic mass is 16.5. The summed E-state index contributed by atoms with van der Waals surface area (Å²) in [5.74, 6) is 0.230. The fourth-order valence-corrected chi connectivity index (χ4v) is 4.09. The van der Waals surface area contributed by atoms with E-state index >= 15 is 0 Å². The zero-order valence-corrected chi connectivity index (χ0v) is 17.7. The van der Waals surface area contributed by atoms with E-state index in [-0.39, 0.29) is 28.7 Å². The highest BCUT2D eigenvalue weighted by Crippen LogP contribution is 2.30. The standard InChI is InChI=1S/C22H27N3O6/c1-3-14(5-6-29-2)20-23-10-18-21(26)24-16-8-15(22(27)28)19(9-17(16)25(18)20)31-12-13-4-7-30-11-13/h8-10,13-14H,3-7,11-12H2,1-2H3,(H,24,26)(H,27,28). The van der Waals surface area contributed by atoms with E-state index in [0.717, 1.165) is 25.1 Å². The van der Waals surface area contributed by atoms with Crippen molar-refractivity contribution in [2.24, 2.45) is 5.92 Å². The van der Waals surface area contributed by atoms with E-state index in [1.54, 1.807) is 19.4 Å². The number of aromatic amines is 1. The molecule has 1 aromatic carbocycles. The van der Waals surface area contributed by atoms with Gasteiger partial charge in [0.2, 0.25) is 0 Å². The first-order valence-corrected chi connectivity index (χ1v) is 10.5. The number of ether oxygens (including phenoxy) is 3. The molecule has 1 aliphatic rings. The number of aromatic nitrogens is 3. The maximum atomic E-state index is 12.7. The topological polar surface area (TPSA) is 115 Å². The second-order valence-corrected chi connectivity index (χ2v) is 7.89. The highest BCUT2D eigenvalue weighted by Gasteiger charge is 2.22. The molecule has 3 aromatic rings. The Hall–Kier alpha value is -2.91. The van der Waals surface area contributed by atoms with Gasteiger partial charge in [0.1, 0.15) is 22.7 Å². The van der Waals surface area contributed by atoms with Gasteiger partial charge in [0.05, 0.1) is 30.4 Å². The number of H-pyrrole nitrogens is 1. The number of nitrogens with zero attached hydrogens (tertiary/aromatic N) is 2. The van der Waals surface area contributed by atoms with Crippen molar-refractivity contribution in [2.75, 3.05) is 33.5 Å². The number of carboxylic acids is 1. The number of aromatic carboxylic acids is 1. The van der Waals surface area contributed by atoms with Crippen molar-refractivity contribution >= 4 is 22.5 Å². The molecule has 3 heterocycles. The number of imidazole rings is 1. The molecule has 2 unspecified atom stereocenters. The maximum absolute atomic E-state index is 12.7. The summed E-state index contributed by atoms with van der Waals surface area (Å²) in [5.41, 5.74) is 1.18. The third kappa shape index (κ3) is 4.15. The summed E-state index contributed by atoms with van der Waals surface area (Å²) in [6.07, 6.45) is 4.04. The van der Waals surface area contributed by atoms with Crippen LogP contribution in [0.3, 0.4) is 0 Å². The third-order valence-electron chi connectivity index (χ3n) is 5.87. The molecule has 2 aromatic heterocycles. The van der Waals surface area contributed by atoms with Gasteiger partial charge < -0.3 is 24.3 Å². The molecule has 0 radical (unpaired) electrons. The van der Waals surface area contributed by atoms with Crippen molar-refractivity contribution in [3.05, 3.63) is 40.1 Å². The van der Waals surface area contributed by atoms with Gasteiger partial charge in [0, 0.05) is 38.2 Å². The fraction of sp³-hybridized carbons (Fsp3) is 0.500. The number of rotatable bonds is 9. The summed E-state index contributed by atoms with van der Waals surface area (Å²) >= 11 is 0. The smallest absolute Gasteiger partial charge is 0.339 e. The van der Waals surface area contributed by atoms with Crippen molar-refractivity contribution in [3.63, 3.8) is 0 Å². The lowest BCUT2D eigenvalue weighted by atomic mass is 10.0. The number of carbonyl (C=O) groups is 1. The quantitative estimate of drug-likeness (QED) is 0.537. The summed E-state index contributed by atoms with van der Waals surface area (Å²) in [6, 6.07) is 3.14. The van der Waals surface area contributed by atoms with Crippen LogP contribution in [0.15, 0.2) is 23.1 Å². The first kappa shape index (κ1) is 21.3. The molecule has 0 amide bonds. The van der Waals surface area contributed by atoms with Gasteiger partial charge in [-0.3, -0.25) is 9.20 Å². The molecule has 2 N–H and O–H groups in total. The molecule has 9 heteroatoms. The number of carboxylic acid groups (broad SMARTS) is 1. The minimum absolute atomic E-state index is 0.00880. The minimum Gasteiger partial charge on any atom is -0.492 e. The van der Waals surface area contributed by atoms with Crippen LogP contribution in [0.5, 0.6) is 5.75 Å². The Bertz CT molecular complexity index is 1150. The molecule has 0 spiro atoms. The van der Waals surface area contributed by atoms with Crippen LogP contribution in [0, 0.1) is 5.92 Å². The predicted molar refractivity (Wildman–Crippen MR) is 114 cm³/mol. The first-order valence-electron chi connectivity index (χ1n) is 10.5.